The summed E-state index contributed by atoms with van der Waals surface area (Å²) in [6, 6.07) is 9.74. The van der Waals surface area contributed by atoms with E-state index in [0.29, 0.717) is 37.4 Å². The topological polar surface area (TPSA) is 87.0 Å². The molecular formula is C20H21FN4O4. The molecule has 0 aromatic heterocycles. The van der Waals surface area contributed by atoms with Crippen LogP contribution in [0.2, 0.25) is 0 Å². The zero-order chi connectivity index (χ0) is 21.1. The number of nitro benzene ring substituents is 1. The minimum atomic E-state index is -0.509. The van der Waals surface area contributed by atoms with Crippen molar-refractivity contribution in [2.45, 2.75) is 0 Å². The van der Waals surface area contributed by atoms with Crippen LogP contribution in [0.4, 0.5) is 15.8 Å². The normalized spacial score (nSPS) is 13.9. The minimum Gasteiger partial charge on any atom is -0.372 e. The summed E-state index contributed by atoms with van der Waals surface area (Å²) in [4.78, 5) is 40.9. The molecule has 1 aliphatic rings. The maximum Gasteiger partial charge on any atom is 0.293 e. The third-order valence-corrected chi connectivity index (χ3v) is 4.85. The zero-order valence-corrected chi connectivity index (χ0v) is 16.2. The number of benzene rings is 2. The average molecular weight is 400 g/mol. The second-order valence-electron chi connectivity index (χ2n) is 6.95. The molecule has 3 rings (SSSR count). The lowest BCUT2D eigenvalue weighted by atomic mass is 10.1. The minimum absolute atomic E-state index is 0.133. The van der Waals surface area contributed by atoms with Gasteiger partial charge in [-0.15, -0.1) is 0 Å². The number of amides is 2. The monoisotopic (exact) mass is 400 g/mol. The summed E-state index contributed by atoms with van der Waals surface area (Å²) in [5.41, 5.74) is 0.911. The summed E-state index contributed by atoms with van der Waals surface area (Å²) in [7, 11) is 3.39. The molecule has 1 aliphatic heterocycles. The van der Waals surface area contributed by atoms with Crippen LogP contribution < -0.4 is 4.90 Å². The van der Waals surface area contributed by atoms with Gasteiger partial charge in [-0.2, -0.15) is 0 Å². The molecule has 0 atom stereocenters. The molecule has 152 valence electrons. The van der Waals surface area contributed by atoms with E-state index >= 15 is 0 Å². The quantitative estimate of drug-likeness (QED) is 0.581. The largest absolute Gasteiger partial charge is 0.372 e. The van der Waals surface area contributed by atoms with Gasteiger partial charge >= 0.3 is 0 Å². The van der Waals surface area contributed by atoms with Gasteiger partial charge in [0.1, 0.15) is 11.5 Å². The molecular weight excluding hydrogens is 379 g/mol. The molecule has 2 amide bonds. The number of halogens is 1. The van der Waals surface area contributed by atoms with Crippen LogP contribution in [0, 0.1) is 15.9 Å². The van der Waals surface area contributed by atoms with E-state index in [1.54, 1.807) is 40.9 Å². The molecule has 2 aromatic rings. The van der Waals surface area contributed by atoms with E-state index in [-0.39, 0.29) is 23.1 Å². The molecule has 1 saturated heterocycles. The second kappa shape index (κ2) is 8.26. The number of hydrogen-bond donors (Lipinski definition) is 0. The van der Waals surface area contributed by atoms with Crippen molar-refractivity contribution in [3.05, 3.63) is 69.5 Å². The van der Waals surface area contributed by atoms with Gasteiger partial charge in [0.15, 0.2) is 0 Å². The Kier molecular flexibility index (Phi) is 5.76. The van der Waals surface area contributed by atoms with Crippen molar-refractivity contribution >= 4 is 23.2 Å². The summed E-state index contributed by atoms with van der Waals surface area (Å²) < 4.78 is 13.0. The van der Waals surface area contributed by atoms with Gasteiger partial charge in [-0.25, -0.2) is 4.39 Å². The van der Waals surface area contributed by atoms with Crippen molar-refractivity contribution in [2.24, 2.45) is 0 Å². The van der Waals surface area contributed by atoms with E-state index in [1.165, 1.54) is 30.3 Å². The van der Waals surface area contributed by atoms with Crippen molar-refractivity contribution in [1.29, 1.82) is 0 Å². The first-order valence-corrected chi connectivity index (χ1v) is 9.08. The predicted molar refractivity (Wildman–Crippen MR) is 106 cm³/mol. The van der Waals surface area contributed by atoms with E-state index in [1.807, 2.05) is 0 Å². The van der Waals surface area contributed by atoms with Crippen LogP contribution >= 0.6 is 0 Å². The number of carbonyl (C=O) groups excluding carboxylic acids is 2. The molecule has 0 spiro atoms. The van der Waals surface area contributed by atoms with E-state index < -0.39 is 10.7 Å². The Balaban J connectivity index is 1.68. The van der Waals surface area contributed by atoms with E-state index in [9.17, 15) is 24.1 Å². The standard InChI is InChI=1S/C20H21FN4O4/c1-22(2)17-8-5-15(13-18(17)25(28)29)20(27)24-11-9-23(10-12-24)19(26)14-3-6-16(21)7-4-14/h3-8,13H,9-12H2,1-2H3. The molecule has 0 N–H and O–H groups in total. The Bertz CT molecular complexity index is 938. The Morgan fingerprint density at radius 2 is 1.41 bits per heavy atom. The molecule has 0 radical (unpaired) electrons. The number of piperazine rings is 1. The highest BCUT2D eigenvalue weighted by molar-refractivity contribution is 5.97. The van der Waals surface area contributed by atoms with Crippen LogP contribution in [0.15, 0.2) is 42.5 Å². The molecule has 9 heteroatoms. The fourth-order valence-electron chi connectivity index (χ4n) is 3.25. The number of anilines is 1. The molecule has 2 aromatic carbocycles. The fraction of sp³-hybridized carbons (Fsp3) is 0.300. The van der Waals surface area contributed by atoms with Crippen LogP contribution in [0.5, 0.6) is 0 Å². The SMILES string of the molecule is CN(C)c1ccc(C(=O)N2CCN(C(=O)c3ccc(F)cc3)CC2)cc1[N+](=O)[O-]. The van der Waals surface area contributed by atoms with E-state index in [2.05, 4.69) is 0 Å². The molecule has 8 nitrogen and oxygen atoms in total. The van der Waals surface area contributed by atoms with E-state index in [0.717, 1.165) is 0 Å². The van der Waals surface area contributed by atoms with Crippen LogP contribution in [-0.4, -0.2) is 66.8 Å². The van der Waals surface area contributed by atoms with E-state index in [4.69, 9.17) is 0 Å². The summed E-state index contributed by atoms with van der Waals surface area (Å²) in [6.07, 6.45) is 0. The van der Waals surface area contributed by atoms with Crippen molar-refractivity contribution in [3.8, 4) is 0 Å². The van der Waals surface area contributed by atoms with Gasteiger partial charge in [-0.3, -0.25) is 19.7 Å². The van der Waals surface area contributed by atoms with Gasteiger partial charge in [0.2, 0.25) is 0 Å². The molecule has 1 fully saturated rings. The third kappa shape index (κ3) is 4.34. The highest BCUT2D eigenvalue weighted by atomic mass is 19.1. The summed E-state index contributed by atoms with van der Waals surface area (Å²) in [6.45, 7) is 1.30. The average Bonchev–Trinajstić information content (AvgIpc) is 2.72. The van der Waals surface area contributed by atoms with Gasteiger partial charge < -0.3 is 14.7 Å². The van der Waals surface area contributed by atoms with Crippen LogP contribution in [0.25, 0.3) is 0 Å². The lowest BCUT2D eigenvalue weighted by Crippen LogP contribution is -2.50. The molecule has 1 heterocycles. The predicted octanol–water partition coefficient (Wildman–Crippen LogP) is 2.40. The van der Waals surface area contributed by atoms with Gasteiger partial charge in [0.05, 0.1) is 4.92 Å². The van der Waals surface area contributed by atoms with Crippen molar-refractivity contribution in [3.63, 3.8) is 0 Å². The Hall–Kier alpha value is -3.49. The van der Waals surface area contributed by atoms with Crippen molar-refractivity contribution in [2.75, 3.05) is 45.2 Å². The number of rotatable bonds is 4. The summed E-state index contributed by atoms with van der Waals surface area (Å²) in [5, 5.41) is 11.3. The number of nitrogens with zero attached hydrogens (tertiary/aromatic N) is 4. The highest BCUT2D eigenvalue weighted by Crippen LogP contribution is 2.28. The Morgan fingerprint density at radius 3 is 1.90 bits per heavy atom. The van der Waals surface area contributed by atoms with Gasteiger partial charge in [0, 0.05) is 57.5 Å². The number of nitro groups is 1. The number of carbonyl (C=O) groups is 2. The Morgan fingerprint density at radius 1 is 0.931 bits per heavy atom. The first-order chi connectivity index (χ1) is 13.8. The molecule has 0 unspecified atom stereocenters. The number of hydrogen-bond acceptors (Lipinski definition) is 5. The third-order valence-electron chi connectivity index (χ3n) is 4.85. The maximum atomic E-state index is 13.0. The molecule has 29 heavy (non-hydrogen) atoms. The smallest absolute Gasteiger partial charge is 0.293 e. The second-order valence-corrected chi connectivity index (χ2v) is 6.95. The molecule has 0 saturated carbocycles. The van der Waals surface area contributed by atoms with Gasteiger partial charge in [0.25, 0.3) is 17.5 Å². The first kappa shape index (κ1) is 20.2. The first-order valence-electron chi connectivity index (χ1n) is 9.08. The lowest BCUT2D eigenvalue weighted by Gasteiger charge is -2.35. The van der Waals surface area contributed by atoms with Gasteiger partial charge in [-0.1, -0.05) is 0 Å². The van der Waals surface area contributed by atoms with Crippen molar-refractivity contribution < 1.29 is 18.9 Å². The fourth-order valence-corrected chi connectivity index (χ4v) is 3.25. The molecule has 0 aliphatic carbocycles. The van der Waals surface area contributed by atoms with Crippen molar-refractivity contribution in [1.82, 2.24) is 9.80 Å². The molecule has 0 bridgehead atoms. The lowest BCUT2D eigenvalue weighted by molar-refractivity contribution is -0.384. The summed E-state index contributed by atoms with van der Waals surface area (Å²) >= 11 is 0. The van der Waals surface area contributed by atoms with Crippen LogP contribution in [-0.2, 0) is 0 Å². The van der Waals surface area contributed by atoms with Crippen LogP contribution in [0.1, 0.15) is 20.7 Å². The van der Waals surface area contributed by atoms with Crippen LogP contribution in [0.3, 0.4) is 0 Å². The summed E-state index contributed by atoms with van der Waals surface area (Å²) in [5.74, 6) is -0.943. The zero-order valence-electron chi connectivity index (χ0n) is 16.2. The van der Waals surface area contributed by atoms with Gasteiger partial charge in [-0.05, 0) is 36.4 Å². The highest BCUT2D eigenvalue weighted by Gasteiger charge is 2.27. The maximum absolute atomic E-state index is 13.0. The Labute approximate surface area is 167 Å².